The van der Waals surface area contributed by atoms with Crippen molar-refractivity contribution in [2.75, 3.05) is 41.4 Å². The fourth-order valence-corrected chi connectivity index (χ4v) is 3.65. The molecule has 31 heavy (non-hydrogen) atoms. The van der Waals surface area contributed by atoms with Crippen LogP contribution in [0.1, 0.15) is 23.7 Å². The molecule has 3 rings (SSSR count). The van der Waals surface area contributed by atoms with Gasteiger partial charge >= 0.3 is 0 Å². The first-order valence-electron chi connectivity index (χ1n) is 9.95. The van der Waals surface area contributed by atoms with Gasteiger partial charge in [-0.15, -0.1) is 0 Å². The van der Waals surface area contributed by atoms with Crippen molar-refractivity contribution in [2.45, 2.75) is 12.5 Å². The number of carbonyl (C=O) groups is 2. The summed E-state index contributed by atoms with van der Waals surface area (Å²) in [7, 11) is 6.89. The molecule has 0 bridgehead atoms. The minimum Gasteiger partial charge on any atom is -0.507 e. The van der Waals surface area contributed by atoms with E-state index in [1.807, 2.05) is 19.0 Å². The van der Waals surface area contributed by atoms with E-state index >= 15 is 0 Å². The molecular weight excluding hydrogens is 398 g/mol. The van der Waals surface area contributed by atoms with E-state index in [4.69, 9.17) is 9.47 Å². The number of pyridine rings is 1. The number of methoxy groups -OCH3 is 2. The van der Waals surface area contributed by atoms with E-state index in [1.54, 1.807) is 42.6 Å². The number of nitrogens with zero attached hydrogens (tertiary/aromatic N) is 3. The number of benzene rings is 1. The highest BCUT2D eigenvalue weighted by molar-refractivity contribution is 6.46. The number of Topliss-reactive ketones (excluding diaryl/α,β-unsaturated/α-hetero) is 1. The Hall–Kier alpha value is -3.39. The number of ketones is 1. The molecule has 1 atom stereocenters. The maximum atomic E-state index is 13.0. The molecule has 2 aromatic rings. The zero-order valence-electron chi connectivity index (χ0n) is 18.2. The third-order valence-corrected chi connectivity index (χ3v) is 5.17. The maximum Gasteiger partial charge on any atom is 0.295 e. The van der Waals surface area contributed by atoms with Crippen molar-refractivity contribution in [3.05, 3.63) is 59.4 Å². The predicted molar refractivity (Wildman–Crippen MR) is 116 cm³/mol. The van der Waals surface area contributed by atoms with Crippen LogP contribution in [0.15, 0.2) is 48.2 Å². The van der Waals surface area contributed by atoms with Gasteiger partial charge in [0.05, 0.1) is 25.5 Å². The molecule has 0 saturated carbocycles. The topological polar surface area (TPSA) is 92.2 Å². The first-order valence-corrected chi connectivity index (χ1v) is 9.95. The molecule has 8 heteroatoms. The number of amides is 1. The fourth-order valence-electron chi connectivity index (χ4n) is 3.65. The lowest BCUT2D eigenvalue weighted by Crippen LogP contribution is -2.32. The highest BCUT2D eigenvalue weighted by atomic mass is 16.5. The number of aromatic nitrogens is 1. The molecule has 1 aromatic carbocycles. The number of likely N-dealkylation sites (tertiary alicyclic amines) is 1. The van der Waals surface area contributed by atoms with Crippen LogP contribution in [-0.2, 0) is 9.59 Å². The summed E-state index contributed by atoms with van der Waals surface area (Å²) >= 11 is 0. The van der Waals surface area contributed by atoms with E-state index in [9.17, 15) is 14.7 Å². The standard InChI is InChI=1S/C23H27N3O5/c1-25(2)12-7-13-26-20(16-8-5-6-11-24-16)19(22(28)23(26)29)21(27)15-9-10-17(30-3)18(14-15)31-4/h5-6,8-11,14,20,27H,7,12-13H2,1-4H3. The zero-order chi connectivity index (χ0) is 22.5. The Balaban J connectivity index is 2.09. The van der Waals surface area contributed by atoms with E-state index in [0.717, 1.165) is 6.54 Å². The second-order valence-electron chi connectivity index (χ2n) is 7.47. The monoisotopic (exact) mass is 425 g/mol. The van der Waals surface area contributed by atoms with Crippen molar-refractivity contribution in [3.8, 4) is 11.5 Å². The molecule has 0 spiro atoms. The average molecular weight is 425 g/mol. The minimum absolute atomic E-state index is 0.0146. The van der Waals surface area contributed by atoms with Crippen LogP contribution in [0.4, 0.5) is 0 Å². The fraction of sp³-hybridized carbons (Fsp3) is 0.348. The van der Waals surface area contributed by atoms with Gasteiger partial charge in [-0.05, 0) is 57.4 Å². The summed E-state index contributed by atoms with van der Waals surface area (Å²) in [6.45, 7) is 1.13. The van der Waals surface area contributed by atoms with E-state index in [0.29, 0.717) is 35.7 Å². The molecule has 1 aromatic heterocycles. The normalized spacial score (nSPS) is 18.0. The van der Waals surface area contributed by atoms with Gasteiger partial charge in [0, 0.05) is 18.3 Å². The van der Waals surface area contributed by atoms with Gasteiger partial charge in [0.25, 0.3) is 11.7 Å². The molecule has 1 unspecified atom stereocenters. The largest absolute Gasteiger partial charge is 0.507 e. The molecule has 2 heterocycles. The van der Waals surface area contributed by atoms with Crippen molar-refractivity contribution < 1.29 is 24.2 Å². The molecule has 8 nitrogen and oxygen atoms in total. The van der Waals surface area contributed by atoms with Gasteiger partial charge in [0.2, 0.25) is 0 Å². The zero-order valence-corrected chi connectivity index (χ0v) is 18.2. The third-order valence-electron chi connectivity index (χ3n) is 5.17. The van der Waals surface area contributed by atoms with Crippen molar-refractivity contribution in [2.24, 2.45) is 0 Å². The lowest BCUT2D eigenvalue weighted by molar-refractivity contribution is -0.140. The smallest absolute Gasteiger partial charge is 0.295 e. The Kier molecular flexibility index (Phi) is 6.91. The minimum atomic E-state index is -0.767. The summed E-state index contributed by atoms with van der Waals surface area (Å²) < 4.78 is 10.5. The van der Waals surface area contributed by atoms with E-state index < -0.39 is 17.7 Å². The van der Waals surface area contributed by atoms with Gasteiger partial charge in [0.1, 0.15) is 11.8 Å². The second-order valence-corrected chi connectivity index (χ2v) is 7.47. The number of rotatable bonds is 8. The molecule has 1 N–H and O–H groups in total. The Bertz CT molecular complexity index is 988. The van der Waals surface area contributed by atoms with Crippen LogP contribution in [0, 0.1) is 0 Å². The van der Waals surface area contributed by atoms with Crippen molar-refractivity contribution in [1.82, 2.24) is 14.8 Å². The van der Waals surface area contributed by atoms with Crippen molar-refractivity contribution in [3.63, 3.8) is 0 Å². The molecule has 1 amide bonds. The quantitative estimate of drug-likeness (QED) is 0.395. The van der Waals surface area contributed by atoms with Crippen molar-refractivity contribution >= 4 is 17.4 Å². The molecule has 1 aliphatic rings. The molecule has 1 saturated heterocycles. The SMILES string of the molecule is COc1ccc(C(O)=C2C(=O)C(=O)N(CCCN(C)C)C2c2ccccn2)cc1OC. The summed E-state index contributed by atoms with van der Waals surface area (Å²) in [4.78, 5) is 33.7. The van der Waals surface area contributed by atoms with Gasteiger partial charge in [0.15, 0.2) is 11.5 Å². The maximum absolute atomic E-state index is 13.0. The van der Waals surface area contributed by atoms with Gasteiger partial charge in [-0.25, -0.2) is 0 Å². The number of ether oxygens (including phenoxy) is 2. The summed E-state index contributed by atoms with van der Waals surface area (Å²) in [6.07, 6.45) is 2.28. The Morgan fingerprint density at radius 2 is 1.87 bits per heavy atom. The highest BCUT2D eigenvalue weighted by Crippen LogP contribution is 2.40. The predicted octanol–water partition coefficient (Wildman–Crippen LogP) is 2.47. The van der Waals surface area contributed by atoms with Crippen LogP contribution < -0.4 is 9.47 Å². The second kappa shape index (κ2) is 9.61. The first kappa shape index (κ1) is 22.3. The van der Waals surface area contributed by atoms with Crippen LogP contribution in [0.25, 0.3) is 5.76 Å². The Morgan fingerprint density at radius 1 is 1.13 bits per heavy atom. The molecular formula is C23H27N3O5. The number of hydrogen-bond donors (Lipinski definition) is 1. The van der Waals surface area contributed by atoms with Crippen LogP contribution in [0.5, 0.6) is 11.5 Å². The molecule has 164 valence electrons. The Labute approximate surface area is 181 Å². The van der Waals surface area contributed by atoms with Gasteiger partial charge < -0.3 is 24.4 Å². The average Bonchev–Trinajstić information content (AvgIpc) is 3.03. The van der Waals surface area contributed by atoms with Crippen LogP contribution in [0.2, 0.25) is 0 Å². The molecule has 0 aliphatic carbocycles. The molecule has 1 aliphatic heterocycles. The lowest BCUT2D eigenvalue weighted by Gasteiger charge is -2.25. The Morgan fingerprint density at radius 3 is 2.48 bits per heavy atom. The first-order chi connectivity index (χ1) is 14.9. The van der Waals surface area contributed by atoms with Crippen molar-refractivity contribution in [1.29, 1.82) is 0 Å². The summed E-state index contributed by atoms with van der Waals surface area (Å²) in [6, 6.07) is 9.36. The number of carbonyl (C=O) groups excluding carboxylic acids is 2. The molecule has 0 radical (unpaired) electrons. The highest BCUT2D eigenvalue weighted by Gasteiger charge is 2.46. The van der Waals surface area contributed by atoms with Gasteiger partial charge in [-0.3, -0.25) is 14.6 Å². The van der Waals surface area contributed by atoms with E-state index in [2.05, 4.69) is 4.98 Å². The van der Waals surface area contributed by atoms with Gasteiger partial charge in [-0.2, -0.15) is 0 Å². The lowest BCUT2D eigenvalue weighted by atomic mass is 9.98. The number of hydrogen-bond acceptors (Lipinski definition) is 7. The third kappa shape index (κ3) is 4.54. The van der Waals surface area contributed by atoms with Crippen LogP contribution in [-0.4, -0.2) is 73.0 Å². The van der Waals surface area contributed by atoms with Crippen LogP contribution in [0.3, 0.4) is 0 Å². The molecule has 1 fully saturated rings. The van der Waals surface area contributed by atoms with E-state index in [-0.39, 0.29) is 11.3 Å². The van der Waals surface area contributed by atoms with Gasteiger partial charge in [-0.1, -0.05) is 6.07 Å². The number of aliphatic hydroxyl groups is 1. The summed E-state index contributed by atoms with van der Waals surface area (Å²) in [5.74, 6) is -0.750. The van der Waals surface area contributed by atoms with E-state index in [1.165, 1.54) is 19.1 Å². The summed E-state index contributed by atoms with van der Waals surface area (Å²) in [5, 5.41) is 11.1. The summed E-state index contributed by atoms with van der Waals surface area (Å²) in [5.41, 5.74) is 0.888. The number of aliphatic hydroxyl groups excluding tert-OH is 1. The van der Waals surface area contributed by atoms with Crippen LogP contribution >= 0.6 is 0 Å².